The minimum absolute atomic E-state index is 0.153. The average molecular weight is 343 g/mol. The molecule has 4 rings (SSSR count). The Balaban J connectivity index is 1.78. The number of nitrogens with zero attached hydrogens (tertiary/aromatic N) is 1. The summed E-state index contributed by atoms with van der Waals surface area (Å²) in [7, 11) is 0. The van der Waals surface area contributed by atoms with Crippen molar-refractivity contribution >= 4 is 33.2 Å². The molecule has 0 saturated heterocycles. The fourth-order valence-electron chi connectivity index (χ4n) is 2.53. The van der Waals surface area contributed by atoms with Crippen LogP contribution in [0.15, 0.2) is 57.3 Å². The number of furan rings is 1. The van der Waals surface area contributed by atoms with Crippen LogP contribution >= 0.6 is 22.9 Å². The first kappa shape index (κ1) is 14.2. The average Bonchev–Trinajstić information content (AvgIpc) is 3.15. The fraction of sp³-hybridized carbons (Fsp3) is 0.0588. The highest BCUT2D eigenvalue weighted by Gasteiger charge is 2.14. The molecule has 0 aliphatic rings. The van der Waals surface area contributed by atoms with E-state index in [0.29, 0.717) is 33.2 Å². The molecule has 1 aromatic carbocycles. The molecule has 3 heterocycles. The number of rotatable bonds is 3. The van der Waals surface area contributed by atoms with Gasteiger partial charge in [0, 0.05) is 22.4 Å². The van der Waals surface area contributed by atoms with Crippen LogP contribution < -0.4 is 5.56 Å². The van der Waals surface area contributed by atoms with Crippen LogP contribution in [0.1, 0.15) is 11.4 Å². The molecule has 6 heteroatoms. The minimum atomic E-state index is -0.153. The topological polar surface area (TPSA) is 58.9 Å². The lowest BCUT2D eigenvalue weighted by molar-refractivity contribution is 0.583. The molecule has 114 valence electrons. The van der Waals surface area contributed by atoms with Gasteiger partial charge in [0.1, 0.15) is 16.4 Å². The van der Waals surface area contributed by atoms with E-state index >= 15 is 0 Å². The van der Waals surface area contributed by atoms with Crippen LogP contribution in [0.25, 0.3) is 21.5 Å². The maximum atomic E-state index is 12.5. The number of benzene rings is 1. The fourth-order valence-corrected chi connectivity index (χ4v) is 3.69. The van der Waals surface area contributed by atoms with E-state index in [4.69, 9.17) is 16.0 Å². The number of thiophene rings is 1. The highest BCUT2D eigenvalue weighted by Crippen LogP contribution is 2.31. The normalized spacial score (nSPS) is 11.2. The van der Waals surface area contributed by atoms with Gasteiger partial charge in [0.05, 0.1) is 11.6 Å². The minimum Gasteiger partial charge on any atom is -0.464 e. The van der Waals surface area contributed by atoms with Gasteiger partial charge >= 0.3 is 0 Å². The van der Waals surface area contributed by atoms with Crippen LogP contribution in [0.5, 0.6) is 0 Å². The van der Waals surface area contributed by atoms with E-state index in [-0.39, 0.29) is 5.56 Å². The van der Waals surface area contributed by atoms with Gasteiger partial charge < -0.3 is 9.40 Å². The Morgan fingerprint density at radius 1 is 1.26 bits per heavy atom. The van der Waals surface area contributed by atoms with Gasteiger partial charge in [-0.25, -0.2) is 4.98 Å². The highest BCUT2D eigenvalue weighted by molar-refractivity contribution is 7.17. The zero-order valence-electron chi connectivity index (χ0n) is 11.9. The molecule has 0 aliphatic heterocycles. The molecule has 4 nitrogen and oxygen atoms in total. The van der Waals surface area contributed by atoms with E-state index in [1.807, 2.05) is 35.7 Å². The van der Waals surface area contributed by atoms with Crippen LogP contribution in [-0.4, -0.2) is 9.97 Å². The van der Waals surface area contributed by atoms with Crippen LogP contribution in [-0.2, 0) is 6.42 Å². The van der Waals surface area contributed by atoms with E-state index in [1.165, 1.54) is 11.3 Å². The Morgan fingerprint density at radius 2 is 2.17 bits per heavy atom. The summed E-state index contributed by atoms with van der Waals surface area (Å²) in [5, 5.41) is 3.14. The molecule has 0 unspecified atom stereocenters. The second kappa shape index (κ2) is 5.68. The quantitative estimate of drug-likeness (QED) is 0.596. The molecular formula is C17H11ClN2O2S. The van der Waals surface area contributed by atoms with Crippen LogP contribution in [0.2, 0.25) is 5.02 Å². The molecule has 0 aliphatic carbocycles. The molecule has 0 atom stereocenters. The second-order valence-electron chi connectivity index (χ2n) is 5.13. The Morgan fingerprint density at radius 3 is 2.96 bits per heavy atom. The van der Waals surface area contributed by atoms with Crippen molar-refractivity contribution < 1.29 is 4.42 Å². The van der Waals surface area contributed by atoms with Gasteiger partial charge in [-0.05, 0) is 29.8 Å². The number of aromatic nitrogens is 2. The third-order valence-electron chi connectivity index (χ3n) is 3.54. The zero-order chi connectivity index (χ0) is 15.8. The van der Waals surface area contributed by atoms with Crippen molar-refractivity contribution in [2.45, 2.75) is 6.42 Å². The number of nitrogens with one attached hydrogen (secondary N) is 1. The summed E-state index contributed by atoms with van der Waals surface area (Å²) in [6.45, 7) is 0. The lowest BCUT2D eigenvalue weighted by atomic mass is 10.1. The maximum Gasteiger partial charge on any atom is 0.260 e. The predicted octanol–water partition coefficient (Wildman–Crippen LogP) is 4.49. The summed E-state index contributed by atoms with van der Waals surface area (Å²) >= 11 is 7.43. The van der Waals surface area contributed by atoms with Gasteiger partial charge in [-0.2, -0.15) is 0 Å². The largest absolute Gasteiger partial charge is 0.464 e. The van der Waals surface area contributed by atoms with Gasteiger partial charge in [0.25, 0.3) is 5.56 Å². The number of hydrogen-bond acceptors (Lipinski definition) is 4. The summed E-state index contributed by atoms with van der Waals surface area (Å²) in [5.41, 5.74) is 1.63. The van der Waals surface area contributed by atoms with Gasteiger partial charge in [0.2, 0.25) is 0 Å². The Hall–Kier alpha value is -2.37. The molecule has 23 heavy (non-hydrogen) atoms. The smallest absolute Gasteiger partial charge is 0.260 e. The van der Waals surface area contributed by atoms with E-state index in [2.05, 4.69) is 9.97 Å². The summed E-state index contributed by atoms with van der Waals surface area (Å²) < 4.78 is 5.39. The van der Waals surface area contributed by atoms with Crippen molar-refractivity contribution in [2.24, 2.45) is 0 Å². The molecule has 4 aromatic rings. The van der Waals surface area contributed by atoms with Gasteiger partial charge in [-0.1, -0.05) is 23.7 Å². The van der Waals surface area contributed by atoms with Crippen molar-refractivity contribution in [2.75, 3.05) is 0 Å². The Labute approximate surface area is 140 Å². The highest BCUT2D eigenvalue weighted by atomic mass is 35.5. The van der Waals surface area contributed by atoms with E-state index in [9.17, 15) is 4.79 Å². The summed E-state index contributed by atoms with van der Waals surface area (Å²) in [5.74, 6) is 1.30. The maximum absolute atomic E-state index is 12.5. The number of H-pyrrole nitrogens is 1. The molecule has 0 radical (unpaired) electrons. The van der Waals surface area contributed by atoms with Crippen LogP contribution in [0.3, 0.4) is 0 Å². The van der Waals surface area contributed by atoms with Gasteiger partial charge in [-0.15, -0.1) is 11.3 Å². The molecule has 0 fully saturated rings. The molecule has 0 bridgehead atoms. The zero-order valence-corrected chi connectivity index (χ0v) is 13.4. The Kier molecular flexibility index (Phi) is 3.52. The van der Waals surface area contributed by atoms with Gasteiger partial charge in [0.15, 0.2) is 0 Å². The first-order chi connectivity index (χ1) is 11.2. The SMILES string of the molecule is O=c1[nH]c(Cc2cccc(Cl)c2)nc2scc(-c3ccco3)c12. The summed E-state index contributed by atoms with van der Waals surface area (Å²) in [6, 6.07) is 11.2. The van der Waals surface area contributed by atoms with E-state index in [0.717, 1.165) is 11.1 Å². The van der Waals surface area contributed by atoms with Crippen molar-refractivity contribution in [1.82, 2.24) is 9.97 Å². The Bertz CT molecular complexity index is 1030. The third-order valence-corrected chi connectivity index (χ3v) is 4.65. The van der Waals surface area contributed by atoms with Crippen LogP contribution in [0, 0.1) is 0 Å². The molecular weight excluding hydrogens is 332 g/mol. The van der Waals surface area contributed by atoms with Crippen molar-refractivity contribution in [3.63, 3.8) is 0 Å². The molecule has 0 spiro atoms. The number of halogens is 1. The first-order valence-electron chi connectivity index (χ1n) is 6.99. The molecule has 0 amide bonds. The van der Waals surface area contributed by atoms with Crippen molar-refractivity contribution in [3.05, 3.63) is 74.8 Å². The number of aromatic amines is 1. The molecule has 0 saturated carbocycles. The standard InChI is InChI=1S/C17H11ClN2O2S/c18-11-4-1-3-10(7-11)8-14-19-16(21)15-12(9-23-17(15)20-14)13-5-2-6-22-13/h1-7,9H,8H2,(H,19,20,21). The molecule has 3 aromatic heterocycles. The monoisotopic (exact) mass is 342 g/mol. The second-order valence-corrected chi connectivity index (χ2v) is 6.42. The number of fused-ring (bicyclic) bond motifs is 1. The van der Waals surface area contributed by atoms with Crippen molar-refractivity contribution in [3.8, 4) is 11.3 Å². The van der Waals surface area contributed by atoms with Gasteiger partial charge in [-0.3, -0.25) is 4.79 Å². The molecule has 1 N–H and O–H groups in total. The first-order valence-corrected chi connectivity index (χ1v) is 8.25. The number of hydrogen-bond donors (Lipinski definition) is 1. The third kappa shape index (κ3) is 2.69. The van der Waals surface area contributed by atoms with Crippen molar-refractivity contribution in [1.29, 1.82) is 0 Å². The predicted molar refractivity (Wildman–Crippen MR) is 92.2 cm³/mol. The lowest BCUT2D eigenvalue weighted by Gasteiger charge is -2.02. The summed E-state index contributed by atoms with van der Waals surface area (Å²) in [6.07, 6.45) is 2.12. The lowest BCUT2D eigenvalue weighted by Crippen LogP contribution is -2.11. The summed E-state index contributed by atoms with van der Waals surface area (Å²) in [4.78, 5) is 20.6. The van der Waals surface area contributed by atoms with Crippen LogP contribution in [0.4, 0.5) is 0 Å². The van der Waals surface area contributed by atoms with E-state index in [1.54, 1.807) is 12.3 Å². The van der Waals surface area contributed by atoms with E-state index < -0.39 is 0 Å².